The molecule has 4 nitrogen and oxygen atoms in total. The summed E-state index contributed by atoms with van der Waals surface area (Å²) in [4.78, 5) is 0. The minimum Gasteiger partial charge on any atom is -0.314 e. The standard InChI is InChI=1S/C17H30N4/c1-13-7-6-8-15(11-13)12-18-14(2)17-20-19-16-9-4-3-5-10-21(16)17/h13-15,18H,3-12H2,1-2H3. The topological polar surface area (TPSA) is 42.7 Å². The van der Waals surface area contributed by atoms with Crippen molar-refractivity contribution in [3.05, 3.63) is 11.6 Å². The van der Waals surface area contributed by atoms with Crippen LogP contribution in [0.2, 0.25) is 0 Å². The summed E-state index contributed by atoms with van der Waals surface area (Å²) in [5.41, 5.74) is 0. The summed E-state index contributed by atoms with van der Waals surface area (Å²) in [6.45, 7) is 6.88. The lowest BCUT2D eigenvalue weighted by molar-refractivity contribution is 0.267. The van der Waals surface area contributed by atoms with Gasteiger partial charge in [-0.2, -0.15) is 0 Å². The van der Waals surface area contributed by atoms with Crippen LogP contribution in [0.1, 0.15) is 76.5 Å². The van der Waals surface area contributed by atoms with E-state index in [0.717, 1.165) is 37.2 Å². The van der Waals surface area contributed by atoms with Gasteiger partial charge in [-0.3, -0.25) is 0 Å². The van der Waals surface area contributed by atoms with E-state index in [1.54, 1.807) is 0 Å². The van der Waals surface area contributed by atoms with Gasteiger partial charge in [0.15, 0.2) is 0 Å². The van der Waals surface area contributed by atoms with E-state index in [0.29, 0.717) is 6.04 Å². The molecule has 1 aliphatic heterocycles. The Morgan fingerprint density at radius 3 is 2.95 bits per heavy atom. The molecule has 1 N–H and O–H groups in total. The minimum atomic E-state index is 0.321. The van der Waals surface area contributed by atoms with Gasteiger partial charge in [0, 0.05) is 13.0 Å². The van der Waals surface area contributed by atoms with Crippen molar-refractivity contribution in [2.24, 2.45) is 11.8 Å². The second kappa shape index (κ2) is 6.91. The zero-order chi connectivity index (χ0) is 14.7. The molecule has 0 amide bonds. The smallest absolute Gasteiger partial charge is 0.149 e. The maximum atomic E-state index is 4.47. The molecule has 3 unspecified atom stereocenters. The monoisotopic (exact) mass is 290 g/mol. The second-order valence-electron chi connectivity index (χ2n) is 7.20. The summed E-state index contributed by atoms with van der Waals surface area (Å²) in [7, 11) is 0. The zero-order valence-corrected chi connectivity index (χ0v) is 13.6. The summed E-state index contributed by atoms with van der Waals surface area (Å²) < 4.78 is 2.37. The molecule has 2 heterocycles. The van der Waals surface area contributed by atoms with Crippen LogP contribution in [0, 0.1) is 11.8 Å². The Kier molecular flexibility index (Phi) is 4.94. The molecule has 0 saturated heterocycles. The highest BCUT2D eigenvalue weighted by Gasteiger charge is 2.22. The SMILES string of the molecule is CC1CCCC(CNC(C)c2nnc3n2CCCCC3)C1. The fraction of sp³-hybridized carbons (Fsp3) is 0.882. The third kappa shape index (κ3) is 3.65. The van der Waals surface area contributed by atoms with Gasteiger partial charge in [-0.05, 0) is 51.0 Å². The number of nitrogens with one attached hydrogen (secondary N) is 1. The van der Waals surface area contributed by atoms with Crippen LogP contribution in [0.15, 0.2) is 0 Å². The van der Waals surface area contributed by atoms with Gasteiger partial charge in [-0.1, -0.05) is 26.2 Å². The molecule has 21 heavy (non-hydrogen) atoms. The maximum absolute atomic E-state index is 4.47. The molecule has 3 atom stereocenters. The number of aromatic nitrogens is 3. The average Bonchev–Trinajstić information content (AvgIpc) is 2.74. The van der Waals surface area contributed by atoms with E-state index < -0.39 is 0 Å². The van der Waals surface area contributed by atoms with Crippen LogP contribution in [0.3, 0.4) is 0 Å². The highest BCUT2D eigenvalue weighted by atomic mass is 15.3. The molecule has 1 saturated carbocycles. The van der Waals surface area contributed by atoms with Gasteiger partial charge in [0.05, 0.1) is 6.04 Å². The van der Waals surface area contributed by atoms with E-state index in [1.165, 1.54) is 50.8 Å². The Bertz CT molecular complexity index is 454. The molecular weight excluding hydrogens is 260 g/mol. The number of nitrogens with zero attached hydrogens (tertiary/aromatic N) is 3. The number of rotatable bonds is 4. The van der Waals surface area contributed by atoms with Crippen molar-refractivity contribution < 1.29 is 0 Å². The third-order valence-electron chi connectivity index (χ3n) is 5.28. The van der Waals surface area contributed by atoms with Crippen molar-refractivity contribution in [2.45, 2.75) is 77.8 Å². The van der Waals surface area contributed by atoms with E-state index in [2.05, 4.69) is 33.9 Å². The zero-order valence-electron chi connectivity index (χ0n) is 13.6. The molecule has 0 spiro atoms. The van der Waals surface area contributed by atoms with Gasteiger partial charge in [-0.15, -0.1) is 10.2 Å². The van der Waals surface area contributed by atoms with Crippen LogP contribution in [0.4, 0.5) is 0 Å². The van der Waals surface area contributed by atoms with E-state index in [9.17, 15) is 0 Å². The highest BCUT2D eigenvalue weighted by molar-refractivity contribution is 5.02. The number of hydrogen-bond acceptors (Lipinski definition) is 3. The van der Waals surface area contributed by atoms with E-state index in [1.807, 2.05) is 0 Å². The van der Waals surface area contributed by atoms with Crippen LogP contribution in [-0.2, 0) is 13.0 Å². The molecule has 0 aromatic carbocycles. The highest BCUT2D eigenvalue weighted by Crippen LogP contribution is 2.28. The quantitative estimate of drug-likeness (QED) is 0.923. The first-order valence-electron chi connectivity index (χ1n) is 8.89. The molecule has 1 aromatic rings. The van der Waals surface area contributed by atoms with Gasteiger partial charge < -0.3 is 9.88 Å². The summed E-state index contributed by atoms with van der Waals surface area (Å²) in [5.74, 6) is 4.10. The minimum absolute atomic E-state index is 0.321. The fourth-order valence-electron chi connectivity index (χ4n) is 4.01. The molecule has 4 heteroatoms. The molecule has 118 valence electrons. The van der Waals surface area contributed by atoms with Gasteiger partial charge in [0.1, 0.15) is 11.6 Å². The van der Waals surface area contributed by atoms with Crippen LogP contribution in [0.5, 0.6) is 0 Å². The predicted molar refractivity (Wildman–Crippen MR) is 85.1 cm³/mol. The first-order valence-corrected chi connectivity index (χ1v) is 8.89. The van der Waals surface area contributed by atoms with E-state index in [4.69, 9.17) is 0 Å². The molecule has 0 radical (unpaired) electrons. The lowest BCUT2D eigenvalue weighted by Crippen LogP contribution is -2.30. The number of aryl methyl sites for hydroxylation is 1. The van der Waals surface area contributed by atoms with Crippen molar-refractivity contribution in [2.75, 3.05) is 6.54 Å². The van der Waals surface area contributed by atoms with Crippen LogP contribution in [-0.4, -0.2) is 21.3 Å². The molecule has 3 rings (SSSR count). The third-order valence-corrected chi connectivity index (χ3v) is 5.28. The van der Waals surface area contributed by atoms with Crippen LogP contribution in [0.25, 0.3) is 0 Å². The Balaban J connectivity index is 1.58. The molecular formula is C17H30N4. The maximum Gasteiger partial charge on any atom is 0.149 e. The first-order chi connectivity index (χ1) is 10.2. The lowest BCUT2D eigenvalue weighted by atomic mass is 9.82. The van der Waals surface area contributed by atoms with Crippen molar-refractivity contribution in [3.63, 3.8) is 0 Å². The molecule has 1 aromatic heterocycles. The number of hydrogen-bond donors (Lipinski definition) is 1. The van der Waals surface area contributed by atoms with Crippen molar-refractivity contribution in [3.8, 4) is 0 Å². The first kappa shape index (κ1) is 15.0. The summed E-state index contributed by atoms with van der Waals surface area (Å²) in [6, 6.07) is 0.321. The van der Waals surface area contributed by atoms with Crippen LogP contribution >= 0.6 is 0 Å². The Morgan fingerprint density at radius 1 is 1.19 bits per heavy atom. The van der Waals surface area contributed by atoms with Gasteiger partial charge in [0.2, 0.25) is 0 Å². The Morgan fingerprint density at radius 2 is 2.10 bits per heavy atom. The van der Waals surface area contributed by atoms with Gasteiger partial charge in [-0.25, -0.2) is 0 Å². The molecule has 0 bridgehead atoms. The lowest BCUT2D eigenvalue weighted by Gasteiger charge is -2.28. The van der Waals surface area contributed by atoms with Gasteiger partial charge in [0.25, 0.3) is 0 Å². The van der Waals surface area contributed by atoms with E-state index in [-0.39, 0.29) is 0 Å². The summed E-state index contributed by atoms with van der Waals surface area (Å²) in [6.07, 6.45) is 10.6. The molecule has 2 aliphatic rings. The second-order valence-corrected chi connectivity index (χ2v) is 7.20. The average molecular weight is 290 g/mol. The van der Waals surface area contributed by atoms with E-state index >= 15 is 0 Å². The van der Waals surface area contributed by atoms with Crippen molar-refractivity contribution >= 4 is 0 Å². The number of fused-ring (bicyclic) bond motifs is 1. The Labute approximate surface area is 128 Å². The van der Waals surface area contributed by atoms with Crippen LogP contribution < -0.4 is 5.32 Å². The largest absolute Gasteiger partial charge is 0.314 e. The van der Waals surface area contributed by atoms with Gasteiger partial charge >= 0.3 is 0 Å². The fourth-order valence-corrected chi connectivity index (χ4v) is 4.01. The summed E-state index contributed by atoms with van der Waals surface area (Å²) in [5, 5.41) is 12.6. The van der Waals surface area contributed by atoms with Crippen molar-refractivity contribution in [1.29, 1.82) is 0 Å². The summed E-state index contributed by atoms with van der Waals surface area (Å²) >= 11 is 0. The normalized spacial score (nSPS) is 27.9. The van der Waals surface area contributed by atoms with Crippen molar-refractivity contribution in [1.82, 2.24) is 20.1 Å². The predicted octanol–water partition coefficient (Wildman–Crippen LogP) is 3.48. The molecule has 1 fully saturated rings. The Hall–Kier alpha value is -0.900. The molecule has 1 aliphatic carbocycles.